The minimum Gasteiger partial charge on any atom is -0.215 e. The van der Waals surface area contributed by atoms with Crippen LogP contribution in [-0.4, -0.2) is 26.0 Å². The average molecular weight is 298 g/mol. The van der Waals surface area contributed by atoms with Crippen LogP contribution in [0.5, 0.6) is 0 Å². The van der Waals surface area contributed by atoms with Crippen molar-refractivity contribution >= 4 is 26.0 Å². The van der Waals surface area contributed by atoms with E-state index in [1.54, 1.807) is 6.92 Å². The molecule has 2 atom stereocenters. The molecule has 0 saturated heterocycles. The second-order valence-corrected chi connectivity index (χ2v) is 6.95. The molecule has 90 valence electrons. The molecule has 1 saturated carbocycles. The molecule has 0 aliphatic heterocycles. The highest BCUT2D eigenvalue weighted by atomic mass is 79.9. The summed E-state index contributed by atoms with van der Waals surface area (Å²) < 4.78 is 25.3. The molecule has 1 fully saturated rings. The van der Waals surface area contributed by atoms with Gasteiger partial charge in [-0.1, -0.05) is 28.8 Å². The summed E-state index contributed by atoms with van der Waals surface area (Å²) in [5.74, 6) is 1.33. The van der Waals surface area contributed by atoms with Gasteiger partial charge in [-0.3, -0.25) is 0 Å². The van der Waals surface area contributed by atoms with Crippen LogP contribution in [0, 0.1) is 11.8 Å². The van der Waals surface area contributed by atoms with E-state index in [0.717, 1.165) is 11.8 Å². The molecule has 1 rings (SSSR count). The highest BCUT2D eigenvalue weighted by Gasteiger charge is 2.24. The predicted octanol–water partition coefficient (Wildman–Crippen LogP) is 2.13. The summed E-state index contributed by atoms with van der Waals surface area (Å²) in [4.78, 5) is 0. The van der Waals surface area contributed by atoms with Crippen LogP contribution in [0.15, 0.2) is 0 Å². The zero-order valence-corrected chi connectivity index (χ0v) is 11.6. The van der Waals surface area contributed by atoms with Crippen LogP contribution < -0.4 is 4.72 Å². The van der Waals surface area contributed by atoms with Crippen LogP contribution >= 0.6 is 15.9 Å². The maximum atomic E-state index is 11.3. The van der Waals surface area contributed by atoms with Crippen molar-refractivity contribution in [2.24, 2.45) is 11.8 Å². The first-order valence-electron chi connectivity index (χ1n) is 5.62. The van der Waals surface area contributed by atoms with E-state index in [0.29, 0.717) is 18.4 Å². The number of nitrogens with one attached hydrogen (secondary N) is 1. The van der Waals surface area contributed by atoms with E-state index in [2.05, 4.69) is 20.7 Å². The van der Waals surface area contributed by atoms with Gasteiger partial charge in [0.1, 0.15) is 0 Å². The van der Waals surface area contributed by atoms with E-state index in [4.69, 9.17) is 0 Å². The third-order valence-electron chi connectivity index (χ3n) is 3.21. The van der Waals surface area contributed by atoms with Crippen LogP contribution in [0.4, 0.5) is 0 Å². The zero-order chi connectivity index (χ0) is 11.3. The lowest BCUT2D eigenvalue weighted by Gasteiger charge is -2.30. The number of sulfonamides is 1. The van der Waals surface area contributed by atoms with Gasteiger partial charge >= 0.3 is 0 Å². The van der Waals surface area contributed by atoms with E-state index < -0.39 is 10.0 Å². The van der Waals surface area contributed by atoms with Crippen molar-refractivity contribution in [1.29, 1.82) is 0 Å². The average Bonchev–Trinajstić information content (AvgIpc) is 2.27. The molecule has 0 bridgehead atoms. The second kappa shape index (κ2) is 6.21. The van der Waals surface area contributed by atoms with Crippen LogP contribution in [0.25, 0.3) is 0 Å². The minimum absolute atomic E-state index is 0.179. The molecule has 2 unspecified atom stereocenters. The number of rotatable bonds is 5. The molecule has 0 aromatic carbocycles. The fourth-order valence-electron chi connectivity index (χ4n) is 2.09. The lowest BCUT2D eigenvalue weighted by molar-refractivity contribution is 0.263. The minimum atomic E-state index is -3.02. The van der Waals surface area contributed by atoms with Gasteiger partial charge < -0.3 is 0 Å². The van der Waals surface area contributed by atoms with E-state index in [1.807, 2.05) is 0 Å². The summed E-state index contributed by atoms with van der Waals surface area (Å²) in [7, 11) is -3.02. The van der Waals surface area contributed by atoms with Gasteiger partial charge in [0.2, 0.25) is 10.0 Å². The molecular formula is C10H20BrNO2S. The van der Waals surface area contributed by atoms with Crippen LogP contribution in [0.2, 0.25) is 0 Å². The van der Waals surface area contributed by atoms with E-state index in [9.17, 15) is 8.42 Å². The molecule has 0 aromatic rings. The Hall–Kier alpha value is 0.390. The standard InChI is InChI=1S/C10H20BrNO2S/c1-2-15(13,14)12-8-10-6-4-3-5-9(10)7-11/h9-10,12H,2-8H2,1H3. The quantitative estimate of drug-likeness (QED) is 0.790. The molecule has 1 aliphatic rings. The summed E-state index contributed by atoms with van der Waals surface area (Å²) >= 11 is 3.51. The predicted molar refractivity (Wildman–Crippen MR) is 66.7 cm³/mol. The van der Waals surface area contributed by atoms with Gasteiger partial charge in [0.25, 0.3) is 0 Å². The number of alkyl halides is 1. The van der Waals surface area contributed by atoms with Gasteiger partial charge in [-0.2, -0.15) is 0 Å². The normalized spacial score (nSPS) is 27.9. The number of halogens is 1. The molecule has 1 N–H and O–H groups in total. The van der Waals surface area contributed by atoms with Gasteiger partial charge in [0.05, 0.1) is 5.75 Å². The van der Waals surface area contributed by atoms with Gasteiger partial charge in [-0.15, -0.1) is 0 Å². The Morgan fingerprint density at radius 3 is 2.40 bits per heavy atom. The van der Waals surface area contributed by atoms with Crippen molar-refractivity contribution in [3.63, 3.8) is 0 Å². The van der Waals surface area contributed by atoms with Crippen molar-refractivity contribution in [2.75, 3.05) is 17.6 Å². The maximum absolute atomic E-state index is 11.3. The molecule has 0 aromatic heterocycles. The molecule has 1 aliphatic carbocycles. The number of hydrogen-bond donors (Lipinski definition) is 1. The fraction of sp³-hybridized carbons (Fsp3) is 1.00. The smallest absolute Gasteiger partial charge is 0.211 e. The Balaban J connectivity index is 2.42. The Morgan fingerprint density at radius 1 is 1.27 bits per heavy atom. The lowest BCUT2D eigenvalue weighted by atomic mass is 9.80. The fourth-order valence-corrected chi connectivity index (χ4v) is 3.62. The summed E-state index contributed by atoms with van der Waals surface area (Å²) in [6.07, 6.45) is 4.90. The molecule has 0 heterocycles. The maximum Gasteiger partial charge on any atom is 0.211 e. The highest BCUT2D eigenvalue weighted by Crippen LogP contribution is 2.30. The Labute approximate surface area is 101 Å². The third-order valence-corrected chi connectivity index (χ3v) is 5.41. The van der Waals surface area contributed by atoms with Crippen LogP contribution in [0.3, 0.4) is 0 Å². The highest BCUT2D eigenvalue weighted by molar-refractivity contribution is 9.09. The first-order chi connectivity index (χ1) is 7.09. The van der Waals surface area contributed by atoms with Crippen molar-refractivity contribution < 1.29 is 8.42 Å². The number of hydrogen-bond acceptors (Lipinski definition) is 2. The first-order valence-corrected chi connectivity index (χ1v) is 8.39. The molecule has 0 spiro atoms. The van der Waals surface area contributed by atoms with Crippen molar-refractivity contribution in [1.82, 2.24) is 4.72 Å². The van der Waals surface area contributed by atoms with Crippen molar-refractivity contribution in [2.45, 2.75) is 32.6 Å². The molecule has 5 heteroatoms. The van der Waals surface area contributed by atoms with Gasteiger partial charge in [0, 0.05) is 11.9 Å². The van der Waals surface area contributed by atoms with Gasteiger partial charge in [-0.05, 0) is 31.6 Å². The largest absolute Gasteiger partial charge is 0.215 e. The van der Waals surface area contributed by atoms with Gasteiger partial charge in [-0.25, -0.2) is 13.1 Å². The van der Waals surface area contributed by atoms with E-state index in [1.165, 1.54) is 19.3 Å². The Kier molecular flexibility index (Phi) is 5.57. The molecule has 15 heavy (non-hydrogen) atoms. The summed E-state index contributed by atoms with van der Waals surface area (Å²) in [6, 6.07) is 0. The second-order valence-electron chi connectivity index (χ2n) is 4.21. The van der Waals surface area contributed by atoms with Crippen molar-refractivity contribution in [3.8, 4) is 0 Å². The Morgan fingerprint density at radius 2 is 1.87 bits per heavy atom. The van der Waals surface area contributed by atoms with E-state index >= 15 is 0 Å². The SMILES string of the molecule is CCS(=O)(=O)NCC1CCCCC1CBr. The summed E-state index contributed by atoms with van der Waals surface area (Å²) in [6.45, 7) is 2.29. The monoisotopic (exact) mass is 297 g/mol. The van der Waals surface area contributed by atoms with Crippen molar-refractivity contribution in [3.05, 3.63) is 0 Å². The first kappa shape index (κ1) is 13.5. The third kappa shape index (κ3) is 4.41. The lowest BCUT2D eigenvalue weighted by Crippen LogP contribution is -2.35. The molecule has 0 amide bonds. The Bertz CT molecular complexity index is 279. The van der Waals surface area contributed by atoms with Crippen LogP contribution in [-0.2, 0) is 10.0 Å². The van der Waals surface area contributed by atoms with Crippen LogP contribution in [0.1, 0.15) is 32.6 Å². The summed E-state index contributed by atoms with van der Waals surface area (Å²) in [5.41, 5.74) is 0. The molecule has 0 radical (unpaired) electrons. The zero-order valence-electron chi connectivity index (χ0n) is 9.21. The molecule has 3 nitrogen and oxygen atoms in total. The molecular weight excluding hydrogens is 278 g/mol. The summed E-state index contributed by atoms with van der Waals surface area (Å²) in [5, 5.41) is 0.992. The van der Waals surface area contributed by atoms with E-state index in [-0.39, 0.29) is 5.75 Å². The van der Waals surface area contributed by atoms with Gasteiger partial charge in [0.15, 0.2) is 0 Å². The topological polar surface area (TPSA) is 46.2 Å².